The fourth-order valence-electron chi connectivity index (χ4n) is 2.33. The molecule has 0 radical (unpaired) electrons. The molecule has 1 aliphatic rings. The van der Waals surface area contributed by atoms with E-state index in [1.165, 1.54) is 0 Å². The number of rotatable bonds is 3. The van der Waals surface area contributed by atoms with Gasteiger partial charge < -0.3 is 9.84 Å². The highest BCUT2D eigenvalue weighted by atomic mass is 16.5. The first kappa shape index (κ1) is 12.0. The van der Waals surface area contributed by atoms with E-state index in [0.717, 1.165) is 11.1 Å². The van der Waals surface area contributed by atoms with Gasteiger partial charge >= 0.3 is 5.97 Å². The van der Waals surface area contributed by atoms with E-state index in [-0.39, 0.29) is 0 Å². The highest BCUT2D eigenvalue weighted by Gasteiger charge is 2.40. The lowest BCUT2D eigenvalue weighted by molar-refractivity contribution is -0.154. The number of ether oxygens (including phenoxy) is 1. The number of hydrogen-bond donors (Lipinski definition) is 1. The molecule has 1 saturated heterocycles. The van der Waals surface area contributed by atoms with Crippen molar-refractivity contribution in [3.63, 3.8) is 0 Å². The molecule has 4 nitrogen and oxygen atoms in total. The van der Waals surface area contributed by atoms with Crippen LogP contribution in [0.3, 0.4) is 0 Å². The monoisotopic (exact) mass is 235 g/mol. The molecule has 1 fully saturated rings. The van der Waals surface area contributed by atoms with Crippen LogP contribution < -0.4 is 0 Å². The summed E-state index contributed by atoms with van der Waals surface area (Å²) in [4.78, 5) is 15.6. The van der Waals surface area contributed by atoms with Crippen LogP contribution in [-0.4, -0.2) is 29.3 Å². The summed E-state index contributed by atoms with van der Waals surface area (Å²) in [7, 11) is 0. The van der Waals surface area contributed by atoms with Crippen molar-refractivity contribution in [3.8, 4) is 0 Å². The molecule has 1 aliphatic heterocycles. The second-order valence-electron chi connectivity index (χ2n) is 4.75. The Labute approximate surface area is 101 Å². The number of aryl methyl sites for hydroxylation is 1. The van der Waals surface area contributed by atoms with Gasteiger partial charge in [0.15, 0.2) is 0 Å². The van der Waals surface area contributed by atoms with Crippen LogP contribution in [0.2, 0.25) is 0 Å². The van der Waals surface area contributed by atoms with E-state index in [1.54, 1.807) is 12.4 Å². The molecule has 0 bridgehead atoms. The molecule has 92 valence electrons. The van der Waals surface area contributed by atoms with Crippen LogP contribution in [0, 0.1) is 12.3 Å². The van der Waals surface area contributed by atoms with E-state index in [9.17, 15) is 9.90 Å². The number of carbonyl (C=O) groups is 1. The lowest BCUT2D eigenvalue weighted by Crippen LogP contribution is -2.39. The van der Waals surface area contributed by atoms with Crippen molar-refractivity contribution in [2.45, 2.75) is 26.2 Å². The molecule has 1 aromatic heterocycles. The number of nitrogens with zero attached hydrogens (tertiary/aromatic N) is 1. The Morgan fingerprint density at radius 2 is 2.18 bits per heavy atom. The summed E-state index contributed by atoms with van der Waals surface area (Å²) in [5.41, 5.74) is 1.39. The maximum absolute atomic E-state index is 11.5. The summed E-state index contributed by atoms with van der Waals surface area (Å²) in [6.45, 7) is 3.03. The summed E-state index contributed by atoms with van der Waals surface area (Å²) in [5, 5.41) is 9.44. The Balaban J connectivity index is 2.20. The SMILES string of the molecule is Cc1cncc(CC2(C(=O)O)CCOCC2)c1. The molecular weight excluding hydrogens is 218 g/mol. The Morgan fingerprint density at radius 1 is 1.47 bits per heavy atom. The van der Waals surface area contributed by atoms with Crippen LogP contribution >= 0.6 is 0 Å². The Hall–Kier alpha value is -1.42. The Morgan fingerprint density at radius 3 is 2.76 bits per heavy atom. The maximum Gasteiger partial charge on any atom is 0.310 e. The molecule has 2 rings (SSSR count). The van der Waals surface area contributed by atoms with Crippen molar-refractivity contribution in [1.82, 2.24) is 4.98 Å². The van der Waals surface area contributed by atoms with Crippen LogP contribution in [0.5, 0.6) is 0 Å². The first-order valence-corrected chi connectivity index (χ1v) is 5.84. The van der Waals surface area contributed by atoms with Crippen LogP contribution in [-0.2, 0) is 16.0 Å². The van der Waals surface area contributed by atoms with Crippen molar-refractivity contribution in [2.24, 2.45) is 5.41 Å². The molecule has 0 spiro atoms. The van der Waals surface area contributed by atoms with E-state index in [0.29, 0.717) is 32.5 Å². The Kier molecular flexibility index (Phi) is 3.43. The Bertz CT molecular complexity index is 411. The van der Waals surface area contributed by atoms with Gasteiger partial charge in [-0.05, 0) is 37.3 Å². The number of aromatic nitrogens is 1. The third-order valence-corrected chi connectivity index (χ3v) is 3.38. The predicted octanol–water partition coefficient (Wildman–Crippen LogP) is 1.81. The molecule has 1 N–H and O–H groups in total. The van der Waals surface area contributed by atoms with E-state index in [1.807, 2.05) is 13.0 Å². The number of aliphatic carboxylic acids is 1. The standard InChI is InChI=1S/C13H17NO3/c1-10-6-11(9-14-8-10)7-13(12(15)16)2-4-17-5-3-13/h6,8-9H,2-5,7H2,1H3,(H,15,16). The summed E-state index contributed by atoms with van der Waals surface area (Å²) in [6.07, 6.45) is 5.24. The molecule has 17 heavy (non-hydrogen) atoms. The number of hydrogen-bond acceptors (Lipinski definition) is 3. The molecule has 1 aromatic rings. The van der Waals surface area contributed by atoms with Crippen LogP contribution in [0.1, 0.15) is 24.0 Å². The van der Waals surface area contributed by atoms with Gasteiger partial charge in [0, 0.05) is 25.6 Å². The van der Waals surface area contributed by atoms with Gasteiger partial charge in [-0.25, -0.2) is 0 Å². The van der Waals surface area contributed by atoms with E-state index >= 15 is 0 Å². The van der Waals surface area contributed by atoms with Crippen LogP contribution in [0.25, 0.3) is 0 Å². The lowest BCUT2D eigenvalue weighted by atomic mass is 9.75. The van der Waals surface area contributed by atoms with Crippen LogP contribution in [0.4, 0.5) is 0 Å². The van der Waals surface area contributed by atoms with Gasteiger partial charge in [0.2, 0.25) is 0 Å². The molecule has 0 aromatic carbocycles. The molecular formula is C13H17NO3. The highest BCUT2D eigenvalue weighted by Crippen LogP contribution is 2.34. The van der Waals surface area contributed by atoms with Gasteiger partial charge in [-0.2, -0.15) is 0 Å². The molecule has 0 unspecified atom stereocenters. The molecule has 2 heterocycles. The fourth-order valence-corrected chi connectivity index (χ4v) is 2.33. The van der Waals surface area contributed by atoms with Crippen molar-refractivity contribution in [3.05, 3.63) is 29.6 Å². The zero-order chi connectivity index (χ0) is 12.3. The minimum absolute atomic E-state index is 0.533. The zero-order valence-electron chi connectivity index (χ0n) is 9.98. The normalized spacial score (nSPS) is 18.9. The van der Waals surface area contributed by atoms with Crippen molar-refractivity contribution < 1.29 is 14.6 Å². The largest absolute Gasteiger partial charge is 0.481 e. The molecule has 4 heteroatoms. The molecule has 0 saturated carbocycles. The van der Waals surface area contributed by atoms with Crippen molar-refractivity contribution in [2.75, 3.05) is 13.2 Å². The summed E-state index contributed by atoms with van der Waals surface area (Å²) < 4.78 is 5.26. The van der Waals surface area contributed by atoms with Crippen molar-refractivity contribution in [1.29, 1.82) is 0 Å². The van der Waals surface area contributed by atoms with Gasteiger partial charge in [-0.1, -0.05) is 6.07 Å². The lowest BCUT2D eigenvalue weighted by Gasteiger charge is -2.33. The van der Waals surface area contributed by atoms with Gasteiger partial charge in [-0.3, -0.25) is 9.78 Å². The molecule has 0 aliphatic carbocycles. The number of carboxylic acids is 1. The second kappa shape index (κ2) is 4.84. The highest BCUT2D eigenvalue weighted by molar-refractivity contribution is 5.75. The maximum atomic E-state index is 11.5. The molecule has 0 atom stereocenters. The minimum atomic E-state index is -0.720. The van der Waals surface area contributed by atoms with Gasteiger partial charge in [0.1, 0.15) is 0 Å². The second-order valence-corrected chi connectivity index (χ2v) is 4.75. The summed E-state index contributed by atoms with van der Waals surface area (Å²) >= 11 is 0. The summed E-state index contributed by atoms with van der Waals surface area (Å²) in [5.74, 6) is -0.720. The van der Waals surface area contributed by atoms with Crippen molar-refractivity contribution >= 4 is 5.97 Å². The average molecular weight is 235 g/mol. The minimum Gasteiger partial charge on any atom is -0.481 e. The van der Waals surface area contributed by atoms with E-state index in [4.69, 9.17) is 4.74 Å². The van der Waals surface area contributed by atoms with Crippen LogP contribution in [0.15, 0.2) is 18.5 Å². The fraction of sp³-hybridized carbons (Fsp3) is 0.538. The summed E-state index contributed by atoms with van der Waals surface area (Å²) in [6, 6.07) is 2.01. The third kappa shape index (κ3) is 2.64. The topological polar surface area (TPSA) is 59.4 Å². The van der Waals surface area contributed by atoms with Gasteiger partial charge in [0.25, 0.3) is 0 Å². The van der Waals surface area contributed by atoms with Gasteiger partial charge in [-0.15, -0.1) is 0 Å². The van der Waals surface area contributed by atoms with E-state index in [2.05, 4.69) is 4.98 Å². The quantitative estimate of drug-likeness (QED) is 0.868. The first-order valence-electron chi connectivity index (χ1n) is 5.84. The first-order chi connectivity index (χ1) is 8.12. The van der Waals surface area contributed by atoms with E-state index < -0.39 is 11.4 Å². The predicted molar refractivity (Wildman–Crippen MR) is 62.8 cm³/mol. The average Bonchev–Trinajstić information content (AvgIpc) is 2.30. The third-order valence-electron chi connectivity index (χ3n) is 3.38. The van der Waals surface area contributed by atoms with Gasteiger partial charge in [0.05, 0.1) is 5.41 Å². The smallest absolute Gasteiger partial charge is 0.310 e. The number of pyridine rings is 1. The zero-order valence-corrected chi connectivity index (χ0v) is 9.98. The number of carboxylic acid groups (broad SMARTS) is 1. The molecule has 0 amide bonds.